The molecule has 2 fully saturated rings. The Morgan fingerprint density at radius 2 is 2.23 bits per heavy atom. The van der Waals surface area contributed by atoms with E-state index in [0.717, 1.165) is 25.5 Å². The maximum Gasteiger partial charge on any atom is 0.253 e. The summed E-state index contributed by atoms with van der Waals surface area (Å²) >= 11 is 0. The molecule has 2 N–H and O–H groups in total. The Balaban J connectivity index is 1.63. The lowest BCUT2D eigenvalue weighted by molar-refractivity contribution is -0.122. The van der Waals surface area contributed by atoms with Gasteiger partial charge in [-0.25, -0.2) is 13.2 Å². The summed E-state index contributed by atoms with van der Waals surface area (Å²) in [6.45, 7) is 0.552. The van der Waals surface area contributed by atoms with Crippen LogP contribution in [0.2, 0.25) is 0 Å². The molecule has 1 atom stereocenters. The van der Waals surface area contributed by atoms with E-state index in [2.05, 4.69) is 15.6 Å². The molecule has 0 radical (unpaired) electrons. The monoisotopic (exact) mass is 373 g/mol. The van der Waals surface area contributed by atoms with E-state index in [-0.39, 0.29) is 36.9 Å². The largest absolute Gasteiger partial charge is 0.481 e. The number of amides is 1. The minimum Gasteiger partial charge on any atom is -0.481 e. The molecule has 9 heteroatoms. The second kappa shape index (κ2) is 7.69. The van der Waals surface area contributed by atoms with E-state index in [1.165, 1.54) is 7.11 Å². The van der Waals surface area contributed by atoms with Crippen LogP contribution in [0, 0.1) is 11.2 Å². The van der Waals surface area contributed by atoms with Crippen molar-refractivity contribution in [1.82, 2.24) is 15.6 Å². The maximum absolute atomic E-state index is 14.2. The third kappa shape index (κ3) is 4.03. The first-order chi connectivity index (χ1) is 12.4. The molecule has 6 nitrogen and oxygen atoms in total. The molecule has 144 valence electrons. The zero-order valence-corrected chi connectivity index (χ0v) is 14.5. The van der Waals surface area contributed by atoms with E-state index in [4.69, 9.17) is 9.47 Å². The summed E-state index contributed by atoms with van der Waals surface area (Å²) in [6, 6.07) is 0.899. The third-order valence-electron chi connectivity index (χ3n) is 4.86. The fourth-order valence-electron chi connectivity index (χ4n) is 2.91. The van der Waals surface area contributed by atoms with Crippen LogP contribution in [0.25, 0.3) is 0 Å². The van der Waals surface area contributed by atoms with Gasteiger partial charge in [0.2, 0.25) is 18.2 Å². The molecule has 0 bridgehead atoms. The van der Waals surface area contributed by atoms with Gasteiger partial charge in [-0.15, -0.1) is 0 Å². The van der Waals surface area contributed by atoms with E-state index in [1.807, 2.05) is 0 Å². The number of hydrogen-bond acceptors (Lipinski definition) is 5. The molecule has 1 aliphatic carbocycles. The first kappa shape index (κ1) is 18.8. The van der Waals surface area contributed by atoms with Crippen molar-refractivity contribution in [1.29, 1.82) is 0 Å². The van der Waals surface area contributed by atoms with Crippen molar-refractivity contribution in [2.75, 3.05) is 20.3 Å². The van der Waals surface area contributed by atoms with Crippen molar-refractivity contribution < 1.29 is 27.4 Å². The Morgan fingerprint density at radius 1 is 1.46 bits per heavy atom. The van der Waals surface area contributed by atoms with Gasteiger partial charge < -0.3 is 20.1 Å². The average Bonchev–Trinajstić information content (AvgIpc) is 3.22. The van der Waals surface area contributed by atoms with Crippen LogP contribution < -0.4 is 20.1 Å². The van der Waals surface area contributed by atoms with E-state index in [1.54, 1.807) is 0 Å². The fraction of sp³-hybridized carbons (Fsp3) is 0.647. The van der Waals surface area contributed by atoms with Gasteiger partial charge >= 0.3 is 0 Å². The molecule has 1 amide bonds. The van der Waals surface area contributed by atoms with Gasteiger partial charge in [-0.3, -0.25) is 4.79 Å². The molecule has 1 aromatic heterocycles. The van der Waals surface area contributed by atoms with Crippen LogP contribution in [-0.4, -0.2) is 43.6 Å². The third-order valence-corrected chi connectivity index (χ3v) is 4.86. The SMILES string of the molecule is COc1nc(OCC2(C(F)F)CC2)c(F)cc1CNC(=O)[C@@H]1CCCN1. The molecule has 1 saturated heterocycles. The first-order valence-corrected chi connectivity index (χ1v) is 8.60. The van der Waals surface area contributed by atoms with Crippen LogP contribution in [0.5, 0.6) is 11.8 Å². The number of pyridine rings is 1. The second-order valence-electron chi connectivity index (χ2n) is 6.76. The zero-order chi connectivity index (χ0) is 18.7. The number of nitrogens with zero attached hydrogens (tertiary/aromatic N) is 1. The molecule has 0 unspecified atom stereocenters. The first-order valence-electron chi connectivity index (χ1n) is 8.60. The highest BCUT2D eigenvalue weighted by Gasteiger charge is 2.52. The number of carbonyl (C=O) groups excluding carboxylic acids is 1. The fourth-order valence-corrected chi connectivity index (χ4v) is 2.91. The molecular weight excluding hydrogens is 351 g/mol. The van der Waals surface area contributed by atoms with Crippen LogP contribution >= 0.6 is 0 Å². The quantitative estimate of drug-likeness (QED) is 0.730. The van der Waals surface area contributed by atoms with Crippen molar-refractivity contribution in [3.8, 4) is 11.8 Å². The van der Waals surface area contributed by atoms with Crippen LogP contribution in [-0.2, 0) is 11.3 Å². The molecular formula is C17H22F3N3O3. The lowest BCUT2D eigenvalue weighted by Crippen LogP contribution is -2.40. The molecule has 2 heterocycles. The standard InChI is InChI=1S/C17H22F3N3O3/c1-25-14-10(8-22-13(24)12-3-2-6-21-12)7-11(18)15(23-14)26-9-17(4-5-17)16(19)20/h7,12,16,21H,2-6,8-9H2,1H3,(H,22,24)/t12-/m0/s1. The topological polar surface area (TPSA) is 72.5 Å². The number of rotatable bonds is 8. The highest BCUT2D eigenvalue weighted by Crippen LogP contribution is 2.50. The minimum absolute atomic E-state index is 0.0470. The van der Waals surface area contributed by atoms with Crippen LogP contribution in [0.15, 0.2) is 6.07 Å². The summed E-state index contributed by atoms with van der Waals surface area (Å²) in [6.07, 6.45) is -0.116. The summed E-state index contributed by atoms with van der Waals surface area (Å²) in [5.41, 5.74) is -0.846. The highest BCUT2D eigenvalue weighted by atomic mass is 19.3. The molecule has 1 saturated carbocycles. The Bertz CT molecular complexity index is 662. The van der Waals surface area contributed by atoms with E-state index >= 15 is 0 Å². The molecule has 26 heavy (non-hydrogen) atoms. The number of methoxy groups -OCH3 is 1. The smallest absolute Gasteiger partial charge is 0.253 e. The molecule has 0 aromatic carbocycles. The number of carbonyl (C=O) groups is 1. The molecule has 1 aliphatic heterocycles. The second-order valence-corrected chi connectivity index (χ2v) is 6.76. The van der Waals surface area contributed by atoms with Gasteiger partial charge in [-0.1, -0.05) is 0 Å². The van der Waals surface area contributed by atoms with Gasteiger partial charge in [0, 0.05) is 12.1 Å². The minimum atomic E-state index is -2.51. The van der Waals surface area contributed by atoms with Crippen LogP contribution in [0.4, 0.5) is 13.2 Å². The van der Waals surface area contributed by atoms with Gasteiger partial charge in [-0.05, 0) is 38.3 Å². The summed E-state index contributed by atoms with van der Waals surface area (Å²) < 4.78 is 50.4. The lowest BCUT2D eigenvalue weighted by atomic mass is 10.1. The number of hydrogen-bond donors (Lipinski definition) is 2. The van der Waals surface area contributed by atoms with Gasteiger partial charge in [0.05, 0.1) is 18.6 Å². The van der Waals surface area contributed by atoms with E-state index < -0.39 is 17.7 Å². The summed E-state index contributed by atoms with van der Waals surface area (Å²) in [5, 5.41) is 5.79. The summed E-state index contributed by atoms with van der Waals surface area (Å²) in [5.74, 6) is -1.23. The average molecular weight is 373 g/mol. The van der Waals surface area contributed by atoms with Gasteiger partial charge in [0.25, 0.3) is 5.88 Å². The highest BCUT2D eigenvalue weighted by molar-refractivity contribution is 5.82. The normalized spacial score (nSPS) is 20.9. The van der Waals surface area contributed by atoms with E-state index in [0.29, 0.717) is 18.4 Å². The van der Waals surface area contributed by atoms with Crippen molar-refractivity contribution in [2.24, 2.45) is 5.41 Å². The van der Waals surface area contributed by atoms with E-state index in [9.17, 15) is 18.0 Å². The van der Waals surface area contributed by atoms with Gasteiger partial charge in [0.15, 0.2) is 5.82 Å². The van der Waals surface area contributed by atoms with Gasteiger partial charge in [0.1, 0.15) is 6.61 Å². The maximum atomic E-state index is 14.2. The Hall–Kier alpha value is -2.03. The molecule has 1 aromatic rings. The number of halogens is 3. The number of ether oxygens (including phenoxy) is 2. The molecule has 3 rings (SSSR count). The lowest BCUT2D eigenvalue weighted by Gasteiger charge is -2.17. The molecule has 0 spiro atoms. The number of nitrogens with one attached hydrogen (secondary N) is 2. The van der Waals surface area contributed by atoms with Gasteiger partial charge in [-0.2, -0.15) is 4.98 Å². The number of aromatic nitrogens is 1. The predicted molar refractivity (Wildman–Crippen MR) is 86.8 cm³/mol. The zero-order valence-electron chi connectivity index (χ0n) is 14.5. The van der Waals surface area contributed by atoms with Crippen molar-refractivity contribution in [2.45, 2.75) is 44.7 Å². The Kier molecular flexibility index (Phi) is 5.55. The predicted octanol–water partition coefficient (Wildman–Crippen LogP) is 2.02. The van der Waals surface area contributed by atoms with Crippen molar-refractivity contribution in [3.05, 3.63) is 17.4 Å². The summed E-state index contributed by atoms with van der Waals surface area (Å²) in [4.78, 5) is 16.0. The van der Waals surface area contributed by atoms with Crippen LogP contribution in [0.1, 0.15) is 31.2 Å². The van der Waals surface area contributed by atoms with Crippen LogP contribution in [0.3, 0.4) is 0 Å². The molecule has 2 aliphatic rings. The summed E-state index contributed by atoms with van der Waals surface area (Å²) in [7, 11) is 1.36. The Morgan fingerprint density at radius 3 is 2.81 bits per heavy atom. The number of alkyl halides is 2. The van der Waals surface area contributed by atoms with Crippen molar-refractivity contribution >= 4 is 5.91 Å². The van der Waals surface area contributed by atoms with Crippen molar-refractivity contribution in [3.63, 3.8) is 0 Å². The Labute approximate surface area is 149 Å².